The molecule has 3 N–H and O–H groups in total. The first-order chi connectivity index (χ1) is 16.4. The number of hydrogen-bond donors (Lipinski definition) is 3. The third-order valence-corrected chi connectivity index (χ3v) is 5.44. The molecule has 3 heterocycles. The molecule has 0 fully saturated rings. The lowest BCUT2D eigenvalue weighted by Gasteiger charge is -2.25. The van der Waals surface area contributed by atoms with Crippen molar-refractivity contribution in [2.45, 2.75) is 32.5 Å². The van der Waals surface area contributed by atoms with Gasteiger partial charge in [-0.2, -0.15) is 13.9 Å². The highest BCUT2D eigenvalue weighted by Crippen LogP contribution is 2.35. The maximum Gasteiger partial charge on any atom is 0.387 e. The van der Waals surface area contributed by atoms with Crippen LogP contribution in [0.15, 0.2) is 54.8 Å². The third-order valence-electron chi connectivity index (χ3n) is 5.20. The van der Waals surface area contributed by atoms with Crippen LogP contribution in [0.4, 0.5) is 8.78 Å². The van der Waals surface area contributed by atoms with Crippen LogP contribution in [0.2, 0.25) is 5.02 Å². The number of likely N-dealkylation sites (N-methyl/N-ethyl adjacent to an activating group) is 1. The number of hydrogen-bond acceptors (Lipinski definition) is 7. The van der Waals surface area contributed by atoms with Gasteiger partial charge in [0.1, 0.15) is 11.3 Å². The number of alkyl halides is 2. The van der Waals surface area contributed by atoms with Gasteiger partial charge in [0.2, 0.25) is 0 Å². The third kappa shape index (κ3) is 5.27. The van der Waals surface area contributed by atoms with Crippen molar-refractivity contribution in [2.24, 2.45) is 0 Å². The van der Waals surface area contributed by atoms with Gasteiger partial charge in [0, 0.05) is 41.8 Å². The Balaban J connectivity index is 1.66. The molecular formula is C22H24ClF2N7O2. The van der Waals surface area contributed by atoms with E-state index in [1.54, 1.807) is 29.7 Å². The van der Waals surface area contributed by atoms with Gasteiger partial charge in [-0.1, -0.05) is 18.5 Å². The van der Waals surface area contributed by atoms with Gasteiger partial charge < -0.3 is 20.4 Å². The van der Waals surface area contributed by atoms with E-state index in [2.05, 4.69) is 26.1 Å². The minimum atomic E-state index is -3.02. The fourth-order valence-electron chi connectivity index (χ4n) is 3.80. The van der Waals surface area contributed by atoms with E-state index in [1.165, 1.54) is 28.9 Å². The molecule has 9 nitrogen and oxygen atoms in total. The number of amides is 1. The summed E-state index contributed by atoms with van der Waals surface area (Å²) >= 11 is 6.17. The molecule has 0 bridgehead atoms. The molecule has 0 radical (unpaired) electrons. The number of aromatic nitrogens is 3. The number of rotatable bonds is 9. The summed E-state index contributed by atoms with van der Waals surface area (Å²) in [4.78, 5) is 17.3. The topological polar surface area (TPSA) is 95.8 Å². The second-order valence-electron chi connectivity index (χ2n) is 7.72. The molecule has 0 saturated heterocycles. The molecule has 0 saturated carbocycles. The number of carbonyl (C=O) groups excluding carboxylic acids is 1. The van der Waals surface area contributed by atoms with E-state index in [9.17, 15) is 13.6 Å². The van der Waals surface area contributed by atoms with Crippen LogP contribution in [-0.4, -0.2) is 51.3 Å². The summed E-state index contributed by atoms with van der Waals surface area (Å²) in [6, 6.07) is 5.50. The predicted molar refractivity (Wildman–Crippen MR) is 122 cm³/mol. The molecule has 2 unspecified atom stereocenters. The summed E-state index contributed by atoms with van der Waals surface area (Å²) in [6.45, 7) is 2.34. The van der Waals surface area contributed by atoms with Crippen molar-refractivity contribution in [1.82, 2.24) is 35.7 Å². The van der Waals surface area contributed by atoms with Gasteiger partial charge >= 0.3 is 6.61 Å². The van der Waals surface area contributed by atoms with Crippen molar-refractivity contribution in [1.29, 1.82) is 0 Å². The van der Waals surface area contributed by atoms with Gasteiger partial charge in [0.25, 0.3) is 5.91 Å². The van der Waals surface area contributed by atoms with E-state index in [4.69, 9.17) is 16.3 Å². The van der Waals surface area contributed by atoms with Gasteiger partial charge in [0.15, 0.2) is 5.65 Å². The molecule has 1 aromatic carbocycles. The van der Waals surface area contributed by atoms with Crippen molar-refractivity contribution in [3.8, 4) is 5.75 Å². The number of nitrogens with zero attached hydrogens (tertiary/aromatic N) is 4. The minimum Gasteiger partial charge on any atom is -0.434 e. The van der Waals surface area contributed by atoms with Gasteiger partial charge in [-0.3, -0.25) is 4.79 Å². The standard InChI is InChI=1S/C22H24ClF2N7O2/c1-3-26-13(2)11-31-12-17(29-21(33)16-10-28-32-8-4-7-27-20(16)32)19(30-31)15-9-14(23)5-6-18(15)34-22(24)25/h4-10,12-13,19,22,26,30H,3,11H2,1-2H3,(H,29,33). The quantitative estimate of drug-likeness (QED) is 0.423. The maximum absolute atomic E-state index is 13.1. The van der Waals surface area contributed by atoms with Crippen LogP contribution in [0, 0.1) is 0 Å². The number of carbonyl (C=O) groups is 1. The Labute approximate surface area is 199 Å². The van der Waals surface area contributed by atoms with E-state index < -0.39 is 18.6 Å². The van der Waals surface area contributed by atoms with Crippen molar-refractivity contribution in [2.75, 3.05) is 13.1 Å². The lowest BCUT2D eigenvalue weighted by atomic mass is 10.0. The second-order valence-corrected chi connectivity index (χ2v) is 8.15. The fourth-order valence-corrected chi connectivity index (χ4v) is 3.98. The molecule has 3 aromatic rings. The molecular weight excluding hydrogens is 468 g/mol. The number of ether oxygens (including phenoxy) is 1. The number of hydrazine groups is 1. The van der Waals surface area contributed by atoms with Crippen LogP contribution in [-0.2, 0) is 0 Å². The Hall–Kier alpha value is -3.28. The Morgan fingerprint density at radius 3 is 2.97 bits per heavy atom. The Kier molecular flexibility index (Phi) is 7.25. The first-order valence-corrected chi connectivity index (χ1v) is 11.1. The zero-order chi connectivity index (χ0) is 24.2. The van der Waals surface area contributed by atoms with Crippen LogP contribution in [0.1, 0.15) is 35.8 Å². The largest absolute Gasteiger partial charge is 0.434 e. The lowest BCUT2D eigenvalue weighted by Crippen LogP contribution is -2.42. The number of nitrogens with one attached hydrogen (secondary N) is 3. The van der Waals surface area contributed by atoms with E-state index >= 15 is 0 Å². The summed E-state index contributed by atoms with van der Waals surface area (Å²) < 4.78 is 32.4. The molecule has 4 rings (SSSR count). The zero-order valence-corrected chi connectivity index (χ0v) is 19.3. The van der Waals surface area contributed by atoms with Crippen molar-refractivity contribution in [3.63, 3.8) is 0 Å². The molecule has 12 heteroatoms. The zero-order valence-electron chi connectivity index (χ0n) is 18.5. The highest BCUT2D eigenvalue weighted by atomic mass is 35.5. The first-order valence-electron chi connectivity index (χ1n) is 10.7. The Morgan fingerprint density at radius 2 is 2.21 bits per heavy atom. The molecule has 1 aliphatic rings. The smallest absolute Gasteiger partial charge is 0.387 e. The highest BCUT2D eigenvalue weighted by molar-refractivity contribution is 6.30. The van der Waals surface area contributed by atoms with Crippen LogP contribution >= 0.6 is 11.6 Å². The highest BCUT2D eigenvalue weighted by Gasteiger charge is 2.31. The van der Waals surface area contributed by atoms with E-state index in [-0.39, 0.29) is 17.4 Å². The average Bonchev–Trinajstić information content (AvgIpc) is 3.39. The van der Waals surface area contributed by atoms with E-state index in [0.29, 0.717) is 28.5 Å². The van der Waals surface area contributed by atoms with Crippen LogP contribution < -0.4 is 20.8 Å². The van der Waals surface area contributed by atoms with Gasteiger partial charge in [0.05, 0.1) is 17.9 Å². The molecule has 2 atom stereocenters. The minimum absolute atomic E-state index is 0.0451. The molecule has 1 aliphatic heterocycles. The van der Waals surface area contributed by atoms with Gasteiger partial charge in [-0.15, -0.1) is 0 Å². The summed E-state index contributed by atoms with van der Waals surface area (Å²) in [5.74, 6) is -0.483. The van der Waals surface area contributed by atoms with Crippen molar-refractivity contribution >= 4 is 23.2 Å². The SMILES string of the molecule is CCNC(C)CN1C=C(NC(=O)c2cnn3cccnc23)C(c2cc(Cl)ccc2OC(F)F)N1. The summed E-state index contributed by atoms with van der Waals surface area (Å²) in [5.41, 5.74) is 4.70. The molecule has 180 valence electrons. The molecule has 1 amide bonds. The normalized spacial score (nSPS) is 16.7. The summed E-state index contributed by atoms with van der Waals surface area (Å²) in [5, 5.41) is 12.5. The number of halogens is 3. The molecule has 34 heavy (non-hydrogen) atoms. The van der Waals surface area contributed by atoms with Gasteiger partial charge in [-0.25, -0.2) is 14.9 Å². The van der Waals surface area contributed by atoms with Crippen LogP contribution in [0.5, 0.6) is 5.75 Å². The van der Waals surface area contributed by atoms with Crippen LogP contribution in [0.25, 0.3) is 5.65 Å². The van der Waals surface area contributed by atoms with Crippen molar-refractivity contribution in [3.05, 3.63) is 70.9 Å². The molecule has 0 aliphatic carbocycles. The predicted octanol–water partition coefficient (Wildman–Crippen LogP) is 3.11. The Morgan fingerprint density at radius 1 is 1.38 bits per heavy atom. The molecule has 0 spiro atoms. The van der Waals surface area contributed by atoms with E-state index in [0.717, 1.165) is 6.54 Å². The average molecular weight is 492 g/mol. The first kappa shape index (κ1) is 23.9. The lowest BCUT2D eigenvalue weighted by molar-refractivity contribution is -0.0507. The second kappa shape index (κ2) is 10.3. The number of fused-ring (bicyclic) bond motifs is 1. The van der Waals surface area contributed by atoms with Crippen LogP contribution in [0.3, 0.4) is 0 Å². The summed E-state index contributed by atoms with van der Waals surface area (Å²) in [7, 11) is 0. The van der Waals surface area contributed by atoms with Crippen molar-refractivity contribution < 1.29 is 18.3 Å². The monoisotopic (exact) mass is 491 g/mol. The Bertz CT molecular complexity index is 1200. The summed E-state index contributed by atoms with van der Waals surface area (Å²) in [6.07, 6.45) is 6.40. The molecule has 2 aromatic heterocycles. The van der Waals surface area contributed by atoms with Gasteiger partial charge in [-0.05, 0) is 37.7 Å². The fraction of sp³-hybridized carbons (Fsp3) is 0.318. The number of benzene rings is 1. The maximum atomic E-state index is 13.1. The van der Waals surface area contributed by atoms with E-state index in [1.807, 2.05) is 13.8 Å².